The number of carboxylic acids is 1. The fraction of sp³-hybridized carbons (Fsp3) is 0.588. The summed E-state index contributed by atoms with van der Waals surface area (Å²) in [6, 6.07) is 6.10. The van der Waals surface area contributed by atoms with Gasteiger partial charge in [0.2, 0.25) is 0 Å². The number of carboxylic acid groups (broad SMARTS) is 1. The monoisotopic (exact) mass is 291 g/mol. The number of rotatable bonds is 5. The molecule has 1 saturated heterocycles. The molecular formula is C17H25NO3. The number of aliphatic carboxylic acids is 1. The van der Waals surface area contributed by atoms with E-state index < -0.39 is 5.97 Å². The van der Waals surface area contributed by atoms with Gasteiger partial charge in [-0.3, -0.25) is 9.69 Å². The van der Waals surface area contributed by atoms with Gasteiger partial charge < -0.3 is 10.2 Å². The van der Waals surface area contributed by atoms with E-state index in [2.05, 4.69) is 11.8 Å². The molecule has 21 heavy (non-hydrogen) atoms. The van der Waals surface area contributed by atoms with Crippen LogP contribution in [-0.4, -0.2) is 33.7 Å². The molecule has 1 fully saturated rings. The molecule has 0 spiro atoms. The van der Waals surface area contributed by atoms with Crippen LogP contribution in [0.25, 0.3) is 0 Å². The first-order valence-corrected chi connectivity index (χ1v) is 7.76. The van der Waals surface area contributed by atoms with Gasteiger partial charge in [0.25, 0.3) is 0 Å². The Balaban J connectivity index is 2.15. The van der Waals surface area contributed by atoms with Crippen molar-refractivity contribution in [1.82, 2.24) is 4.90 Å². The quantitative estimate of drug-likeness (QED) is 0.872. The van der Waals surface area contributed by atoms with E-state index in [-0.39, 0.29) is 12.5 Å². The molecule has 2 N–H and O–H groups in total. The van der Waals surface area contributed by atoms with Crippen LogP contribution in [0.1, 0.15) is 56.2 Å². The molecule has 0 saturated carbocycles. The van der Waals surface area contributed by atoms with E-state index in [1.807, 2.05) is 19.1 Å². The summed E-state index contributed by atoms with van der Waals surface area (Å²) in [5.74, 6) is -0.401. The highest BCUT2D eigenvalue weighted by molar-refractivity contribution is 5.66. The second kappa shape index (κ2) is 6.94. The first-order chi connectivity index (χ1) is 9.99. The number of hydrogen-bond acceptors (Lipinski definition) is 3. The highest BCUT2D eigenvalue weighted by Crippen LogP contribution is 2.34. The van der Waals surface area contributed by atoms with E-state index in [0.29, 0.717) is 18.2 Å². The third-order valence-corrected chi connectivity index (χ3v) is 4.49. The Morgan fingerprint density at radius 2 is 2.19 bits per heavy atom. The predicted molar refractivity (Wildman–Crippen MR) is 82.5 cm³/mol. The van der Waals surface area contributed by atoms with Gasteiger partial charge >= 0.3 is 5.97 Å². The second-order valence-corrected chi connectivity index (χ2v) is 6.06. The zero-order valence-electron chi connectivity index (χ0n) is 12.9. The minimum absolute atomic E-state index is 0.115. The highest BCUT2D eigenvalue weighted by atomic mass is 16.4. The Bertz CT molecular complexity index is 501. The lowest BCUT2D eigenvalue weighted by atomic mass is 9.93. The molecule has 1 heterocycles. The van der Waals surface area contributed by atoms with Gasteiger partial charge in [0.05, 0.1) is 0 Å². The first-order valence-electron chi connectivity index (χ1n) is 7.76. The molecule has 2 unspecified atom stereocenters. The molecule has 0 radical (unpaired) electrons. The first kappa shape index (κ1) is 15.8. The summed E-state index contributed by atoms with van der Waals surface area (Å²) in [4.78, 5) is 13.2. The molecular weight excluding hydrogens is 266 g/mol. The molecule has 4 heteroatoms. The normalized spacial score (nSPS) is 21.1. The molecule has 0 bridgehead atoms. The molecule has 0 amide bonds. The molecule has 1 aromatic rings. The number of hydrogen-bond donors (Lipinski definition) is 2. The Labute approximate surface area is 126 Å². The van der Waals surface area contributed by atoms with Crippen LogP contribution in [0.15, 0.2) is 18.2 Å². The van der Waals surface area contributed by atoms with E-state index in [9.17, 15) is 9.90 Å². The van der Waals surface area contributed by atoms with Crippen molar-refractivity contribution < 1.29 is 15.0 Å². The van der Waals surface area contributed by atoms with Crippen molar-refractivity contribution in [3.05, 3.63) is 29.3 Å². The molecule has 1 aliphatic heterocycles. The van der Waals surface area contributed by atoms with E-state index in [0.717, 1.165) is 36.9 Å². The zero-order chi connectivity index (χ0) is 15.4. The average molecular weight is 291 g/mol. The van der Waals surface area contributed by atoms with Gasteiger partial charge in [0.15, 0.2) is 0 Å². The minimum atomic E-state index is -0.730. The number of nitrogens with zero attached hydrogens (tertiary/aromatic N) is 1. The summed E-state index contributed by atoms with van der Waals surface area (Å²) in [7, 11) is 0. The largest absolute Gasteiger partial charge is 0.508 e. The number of piperidine rings is 1. The number of phenols is 1. The summed E-state index contributed by atoms with van der Waals surface area (Å²) in [6.45, 7) is 5.10. The lowest BCUT2D eigenvalue weighted by Crippen LogP contribution is -2.41. The van der Waals surface area contributed by atoms with Gasteiger partial charge in [-0.25, -0.2) is 0 Å². The SMILES string of the molecule is Cc1ccc(O)c(C(C)N2CCCCC2CCC(=O)O)c1. The van der Waals surface area contributed by atoms with Crippen molar-refractivity contribution in [2.75, 3.05) is 6.54 Å². The standard InChI is InChI=1S/C17H25NO3/c1-12-6-8-16(19)15(11-12)13(2)18-10-4-3-5-14(18)7-9-17(20)21/h6,8,11,13-14,19H,3-5,7,9-10H2,1-2H3,(H,20,21). The number of likely N-dealkylation sites (tertiary alicyclic amines) is 1. The van der Waals surface area contributed by atoms with Gasteiger partial charge in [-0.15, -0.1) is 0 Å². The molecule has 116 valence electrons. The number of carbonyl (C=O) groups is 1. The molecule has 1 aromatic carbocycles. The summed E-state index contributed by atoms with van der Waals surface area (Å²) >= 11 is 0. The maximum atomic E-state index is 10.8. The van der Waals surface area contributed by atoms with Crippen molar-refractivity contribution in [1.29, 1.82) is 0 Å². The number of aryl methyl sites for hydroxylation is 1. The molecule has 4 nitrogen and oxygen atoms in total. The molecule has 2 rings (SSSR count). The zero-order valence-corrected chi connectivity index (χ0v) is 12.9. The van der Waals surface area contributed by atoms with Gasteiger partial charge in [0.1, 0.15) is 5.75 Å². The third kappa shape index (κ3) is 3.97. The molecule has 0 aliphatic carbocycles. The van der Waals surface area contributed by atoms with Crippen LogP contribution in [-0.2, 0) is 4.79 Å². The van der Waals surface area contributed by atoms with Crippen molar-refractivity contribution in [3.63, 3.8) is 0 Å². The second-order valence-electron chi connectivity index (χ2n) is 6.06. The van der Waals surface area contributed by atoms with Crippen molar-refractivity contribution in [2.45, 2.75) is 58.0 Å². The maximum Gasteiger partial charge on any atom is 0.303 e. The van der Waals surface area contributed by atoms with E-state index in [1.165, 1.54) is 0 Å². The van der Waals surface area contributed by atoms with Gasteiger partial charge in [-0.1, -0.05) is 24.1 Å². The van der Waals surface area contributed by atoms with Gasteiger partial charge in [0, 0.05) is 24.1 Å². The van der Waals surface area contributed by atoms with Crippen LogP contribution in [0.4, 0.5) is 0 Å². The Morgan fingerprint density at radius 1 is 1.43 bits per heavy atom. The summed E-state index contributed by atoms with van der Waals surface area (Å²) in [5, 5.41) is 19.0. The third-order valence-electron chi connectivity index (χ3n) is 4.49. The smallest absolute Gasteiger partial charge is 0.303 e. The summed E-state index contributed by atoms with van der Waals surface area (Å²) < 4.78 is 0. The van der Waals surface area contributed by atoms with Crippen LogP contribution >= 0.6 is 0 Å². The fourth-order valence-corrected chi connectivity index (χ4v) is 3.32. The average Bonchev–Trinajstić information content (AvgIpc) is 2.47. The van der Waals surface area contributed by atoms with E-state index in [1.54, 1.807) is 6.07 Å². The number of phenolic OH excluding ortho intramolecular Hbond substituents is 1. The van der Waals surface area contributed by atoms with Crippen molar-refractivity contribution in [3.8, 4) is 5.75 Å². The van der Waals surface area contributed by atoms with Gasteiger partial charge in [-0.2, -0.15) is 0 Å². The number of aromatic hydroxyl groups is 1. The molecule has 1 aliphatic rings. The predicted octanol–water partition coefficient (Wildman–Crippen LogP) is 3.48. The fourth-order valence-electron chi connectivity index (χ4n) is 3.32. The Morgan fingerprint density at radius 3 is 2.90 bits per heavy atom. The van der Waals surface area contributed by atoms with Gasteiger partial charge in [-0.05, 0) is 45.7 Å². The van der Waals surface area contributed by atoms with E-state index in [4.69, 9.17) is 5.11 Å². The lowest BCUT2D eigenvalue weighted by Gasteiger charge is -2.40. The highest BCUT2D eigenvalue weighted by Gasteiger charge is 2.28. The Hall–Kier alpha value is -1.55. The van der Waals surface area contributed by atoms with Crippen LogP contribution in [0.3, 0.4) is 0 Å². The molecule has 2 atom stereocenters. The Kier molecular flexibility index (Phi) is 5.23. The van der Waals surface area contributed by atoms with Crippen LogP contribution in [0.5, 0.6) is 5.75 Å². The van der Waals surface area contributed by atoms with E-state index >= 15 is 0 Å². The summed E-state index contributed by atoms with van der Waals surface area (Å²) in [6.07, 6.45) is 4.25. The molecule has 0 aromatic heterocycles. The summed E-state index contributed by atoms with van der Waals surface area (Å²) in [5.41, 5.74) is 2.07. The minimum Gasteiger partial charge on any atom is -0.508 e. The van der Waals surface area contributed by atoms with Crippen molar-refractivity contribution in [2.24, 2.45) is 0 Å². The van der Waals surface area contributed by atoms with Crippen LogP contribution < -0.4 is 0 Å². The van der Waals surface area contributed by atoms with Crippen LogP contribution in [0.2, 0.25) is 0 Å². The van der Waals surface area contributed by atoms with Crippen molar-refractivity contribution >= 4 is 5.97 Å². The topological polar surface area (TPSA) is 60.8 Å². The maximum absolute atomic E-state index is 10.8. The lowest BCUT2D eigenvalue weighted by molar-refractivity contribution is -0.137. The van der Waals surface area contributed by atoms with Crippen LogP contribution in [0, 0.1) is 6.92 Å². The number of benzene rings is 1.